The van der Waals surface area contributed by atoms with Gasteiger partial charge in [-0.15, -0.1) is 0 Å². The summed E-state index contributed by atoms with van der Waals surface area (Å²) in [5.41, 5.74) is 0. The molecule has 0 aromatic carbocycles. The number of allylic oxidation sites excluding steroid dienone is 1. The first-order valence-corrected chi connectivity index (χ1v) is 4.99. The Labute approximate surface area is 88.0 Å². The van der Waals surface area contributed by atoms with Crippen molar-refractivity contribution in [2.75, 3.05) is 0 Å². The first-order valence-electron chi connectivity index (χ1n) is 3.40. The Kier molecular flexibility index (Phi) is 6.70. The van der Waals surface area contributed by atoms with Crippen molar-refractivity contribution in [2.45, 2.75) is 25.9 Å². The van der Waals surface area contributed by atoms with E-state index in [0.717, 1.165) is 0 Å². The van der Waals surface area contributed by atoms with Gasteiger partial charge in [-0.05, 0) is 45.2 Å². The Morgan fingerprint density at radius 3 is 2.58 bits per heavy atom. The summed E-state index contributed by atoms with van der Waals surface area (Å²) in [6.45, 7) is 2.04. The maximum Gasteiger partial charge on any atom is 0.298 e. The molecule has 0 aliphatic heterocycles. The van der Waals surface area contributed by atoms with Gasteiger partial charge in [0.15, 0.2) is 0 Å². The van der Waals surface area contributed by atoms with E-state index in [4.69, 9.17) is 5.11 Å². The molecule has 0 amide bonds. The van der Waals surface area contributed by atoms with Crippen LogP contribution >= 0.6 is 31.9 Å². The molecule has 0 rings (SSSR count). The maximum absolute atomic E-state index is 10.0. The van der Waals surface area contributed by atoms with Crippen LogP contribution in [0.3, 0.4) is 0 Å². The van der Waals surface area contributed by atoms with E-state index in [1.54, 1.807) is 6.92 Å². The van der Waals surface area contributed by atoms with Crippen LogP contribution in [0.25, 0.3) is 0 Å². The molecule has 12 heavy (non-hydrogen) atoms. The Morgan fingerprint density at radius 1 is 1.67 bits per heavy atom. The van der Waals surface area contributed by atoms with Gasteiger partial charge in [-0.25, -0.2) is 0 Å². The predicted molar refractivity (Wildman–Crippen MR) is 52.9 cm³/mol. The van der Waals surface area contributed by atoms with Crippen LogP contribution in [0.2, 0.25) is 0 Å². The lowest BCUT2D eigenvalue weighted by atomic mass is 10.2. The van der Waals surface area contributed by atoms with Crippen LogP contribution in [0.5, 0.6) is 0 Å². The lowest BCUT2D eigenvalue weighted by Crippen LogP contribution is -2.01. The molecule has 70 valence electrons. The van der Waals surface area contributed by atoms with Crippen LogP contribution in [0, 0.1) is 0 Å². The van der Waals surface area contributed by atoms with Crippen molar-refractivity contribution in [1.29, 1.82) is 0 Å². The lowest BCUT2D eigenvalue weighted by Gasteiger charge is -2.06. The summed E-state index contributed by atoms with van der Waals surface area (Å²) in [7, 11) is 0. The van der Waals surface area contributed by atoms with Crippen molar-refractivity contribution in [3.63, 3.8) is 0 Å². The van der Waals surface area contributed by atoms with Gasteiger partial charge in [0.2, 0.25) is 0 Å². The zero-order valence-corrected chi connectivity index (χ0v) is 9.76. The number of hydrogen-bond acceptors (Lipinski definition) is 3. The Morgan fingerprint density at radius 2 is 2.25 bits per heavy atom. The highest BCUT2D eigenvalue weighted by Crippen LogP contribution is 2.23. The number of hydrogen-bond donors (Lipinski definition) is 1. The van der Waals surface area contributed by atoms with Gasteiger partial charge in [-0.2, -0.15) is 0 Å². The third kappa shape index (κ3) is 5.74. The van der Waals surface area contributed by atoms with Crippen molar-refractivity contribution in [3.8, 4) is 0 Å². The van der Waals surface area contributed by atoms with Gasteiger partial charge >= 0.3 is 0 Å². The number of halogens is 2. The second kappa shape index (κ2) is 6.62. The Balaban J connectivity index is 3.98. The van der Waals surface area contributed by atoms with Gasteiger partial charge in [0.05, 0.1) is 9.50 Å². The molecule has 0 spiro atoms. The molecular formula is C7H10Br2O3. The van der Waals surface area contributed by atoms with E-state index in [1.165, 1.54) is 0 Å². The lowest BCUT2D eigenvalue weighted by molar-refractivity contribution is -0.125. The van der Waals surface area contributed by atoms with Gasteiger partial charge in [-0.1, -0.05) is 0 Å². The van der Waals surface area contributed by atoms with Crippen molar-refractivity contribution in [1.82, 2.24) is 0 Å². The molecule has 1 atom stereocenters. The minimum Gasteiger partial charge on any atom is -0.432 e. The number of carbonyl (C=O) groups is 1. The summed E-state index contributed by atoms with van der Waals surface area (Å²) in [4.78, 5) is 10.0. The predicted octanol–water partition coefficient (Wildman–Crippen LogP) is 2.28. The average molecular weight is 302 g/mol. The topological polar surface area (TPSA) is 46.5 Å². The molecule has 0 aliphatic carbocycles. The van der Waals surface area contributed by atoms with Gasteiger partial charge in [0.1, 0.15) is 5.76 Å². The van der Waals surface area contributed by atoms with Crippen molar-refractivity contribution < 1.29 is 14.6 Å². The minimum absolute atomic E-state index is 0.361. The summed E-state index contributed by atoms with van der Waals surface area (Å²) in [5, 5.41) is 8.95. The number of ether oxygens (including phenoxy) is 1. The first-order chi connectivity index (χ1) is 5.57. The van der Waals surface area contributed by atoms with Gasteiger partial charge in [0, 0.05) is 6.42 Å². The van der Waals surface area contributed by atoms with Gasteiger partial charge in [-0.3, -0.25) is 4.79 Å². The molecular weight excluding hydrogens is 292 g/mol. The minimum atomic E-state index is -0.394. The quantitative estimate of drug-likeness (QED) is 0.626. The molecule has 0 bridgehead atoms. The molecule has 1 unspecified atom stereocenters. The molecule has 0 saturated carbocycles. The van der Waals surface area contributed by atoms with Gasteiger partial charge in [0.25, 0.3) is 6.47 Å². The van der Waals surface area contributed by atoms with E-state index >= 15 is 0 Å². The van der Waals surface area contributed by atoms with Crippen molar-refractivity contribution in [2.24, 2.45) is 0 Å². The molecule has 0 heterocycles. The summed E-state index contributed by atoms with van der Waals surface area (Å²) in [5.74, 6) is 0.492. The van der Waals surface area contributed by atoms with Crippen molar-refractivity contribution in [3.05, 3.63) is 9.15 Å². The van der Waals surface area contributed by atoms with Crippen LogP contribution in [-0.4, -0.2) is 17.7 Å². The smallest absolute Gasteiger partial charge is 0.298 e. The molecule has 0 radical (unpaired) electrons. The zero-order valence-electron chi connectivity index (χ0n) is 6.59. The third-order valence-electron chi connectivity index (χ3n) is 1.19. The molecule has 5 heteroatoms. The fourth-order valence-electron chi connectivity index (χ4n) is 0.596. The molecule has 0 fully saturated rings. The molecule has 1 N–H and O–H groups in total. The zero-order chi connectivity index (χ0) is 9.56. The van der Waals surface area contributed by atoms with E-state index in [2.05, 4.69) is 36.6 Å². The van der Waals surface area contributed by atoms with Crippen LogP contribution in [0.4, 0.5) is 0 Å². The SMILES string of the molecule is CC(O)CCC(OC=O)=C(Br)Br. The number of carbonyl (C=O) groups excluding carboxylic acids is 1. The number of aliphatic hydroxyl groups is 1. The van der Waals surface area contributed by atoms with Crippen LogP contribution < -0.4 is 0 Å². The van der Waals surface area contributed by atoms with E-state index in [0.29, 0.717) is 28.5 Å². The van der Waals surface area contributed by atoms with E-state index in [9.17, 15) is 4.79 Å². The Hall–Kier alpha value is 0.130. The Bertz CT molecular complexity index is 173. The highest BCUT2D eigenvalue weighted by Gasteiger charge is 2.05. The second-order valence-electron chi connectivity index (χ2n) is 2.29. The standard InChI is InChI=1S/C7H10Br2O3/c1-5(11)2-3-6(7(8)9)12-4-10/h4-5,11H,2-3H2,1H3. The van der Waals surface area contributed by atoms with E-state index in [-0.39, 0.29) is 0 Å². The second-order valence-corrected chi connectivity index (χ2v) is 4.94. The number of rotatable bonds is 5. The van der Waals surface area contributed by atoms with Gasteiger partial charge < -0.3 is 9.84 Å². The molecule has 0 aromatic rings. The van der Waals surface area contributed by atoms with Crippen LogP contribution in [0.15, 0.2) is 9.15 Å². The molecule has 0 aliphatic rings. The van der Waals surface area contributed by atoms with E-state index in [1.807, 2.05) is 0 Å². The summed E-state index contributed by atoms with van der Waals surface area (Å²) in [6, 6.07) is 0. The highest BCUT2D eigenvalue weighted by atomic mass is 79.9. The third-order valence-corrected chi connectivity index (χ3v) is 2.07. The highest BCUT2D eigenvalue weighted by molar-refractivity contribution is 9.28. The molecule has 0 aromatic heterocycles. The molecule has 3 nitrogen and oxygen atoms in total. The average Bonchev–Trinajstić information content (AvgIpc) is 1.96. The monoisotopic (exact) mass is 300 g/mol. The summed E-state index contributed by atoms with van der Waals surface area (Å²) < 4.78 is 5.25. The van der Waals surface area contributed by atoms with Crippen molar-refractivity contribution >= 4 is 38.3 Å². The summed E-state index contributed by atoms with van der Waals surface area (Å²) in [6.07, 6.45) is 0.682. The first kappa shape index (κ1) is 12.1. The van der Waals surface area contributed by atoms with Crippen LogP contribution in [-0.2, 0) is 9.53 Å². The normalized spacial score (nSPS) is 12.0. The van der Waals surface area contributed by atoms with E-state index < -0.39 is 6.10 Å². The molecule has 0 saturated heterocycles. The fourth-order valence-corrected chi connectivity index (χ4v) is 1.18. The maximum atomic E-state index is 10.0. The largest absolute Gasteiger partial charge is 0.432 e. The fraction of sp³-hybridized carbons (Fsp3) is 0.571. The summed E-state index contributed by atoms with van der Waals surface area (Å²) >= 11 is 6.25. The van der Waals surface area contributed by atoms with Crippen LogP contribution in [0.1, 0.15) is 19.8 Å². The number of aliphatic hydroxyl groups excluding tert-OH is 1.